The molecule has 2 N–H and O–H groups in total. The lowest BCUT2D eigenvalue weighted by molar-refractivity contribution is 0.0871. The number of hydrogen-bond acceptors (Lipinski definition) is 3. The van der Waals surface area contributed by atoms with E-state index in [1.807, 2.05) is 25.1 Å². The maximum Gasteiger partial charge on any atom is 0.101 e. The van der Waals surface area contributed by atoms with E-state index >= 15 is 0 Å². The Hall–Kier alpha value is -1.53. The minimum atomic E-state index is -0.314. The van der Waals surface area contributed by atoms with Crippen molar-refractivity contribution in [1.29, 1.82) is 5.26 Å². The molecule has 2 unspecified atom stereocenters. The normalized spacial score (nSPS) is 26.7. The Balaban J connectivity index is 2.09. The van der Waals surface area contributed by atoms with Crippen molar-refractivity contribution < 1.29 is 5.11 Å². The van der Waals surface area contributed by atoms with Gasteiger partial charge in [-0.2, -0.15) is 5.26 Å². The summed E-state index contributed by atoms with van der Waals surface area (Å²) in [7, 11) is 0. The van der Waals surface area contributed by atoms with Gasteiger partial charge in [-0.05, 0) is 49.8 Å². The van der Waals surface area contributed by atoms with E-state index in [0.29, 0.717) is 11.5 Å². The van der Waals surface area contributed by atoms with Crippen LogP contribution in [0.15, 0.2) is 18.2 Å². The molecule has 1 aromatic carbocycles. The molecule has 0 aromatic heterocycles. The summed E-state index contributed by atoms with van der Waals surface area (Å²) in [6.45, 7) is 4.19. The molecular formula is C16H22N2O. The van der Waals surface area contributed by atoms with E-state index < -0.39 is 0 Å². The van der Waals surface area contributed by atoms with Crippen LogP contribution in [0, 0.1) is 24.2 Å². The molecule has 3 atom stereocenters. The summed E-state index contributed by atoms with van der Waals surface area (Å²) in [6, 6.07) is 8.03. The first-order valence-corrected chi connectivity index (χ1v) is 7.09. The molecule has 0 heterocycles. The number of anilines is 1. The molecule has 2 rings (SSSR count). The molecule has 3 heteroatoms. The Labute approximate surface area is 115 Å². The van der Waals surface area contributed by atoms with Gasteiger partial charge < -0.3 is 10.4 Å². The van der Waals surface area contributed by atoms with Crippen molar-refractivity contribution in [3.8, 4) is 6.07 Å². The fourth-order valence-corrected chi connectivity index (χ4v) is 2.85. The van der Waals surface area contributed by atoms with E-state index in [1.165, 1.54) is 0 Å². The van der Waals surface area contributed by atoms with Crippen LogP contribution in [0.4, 0.5) is 5.69 Å². The van der Waals surface area contributed by atoms with Crippen LogP contribution in [0.2, 0.25) is 0 Å². The average molecular weight is 258 g/mol. The quantitative estimate of drug-likeness (QED) is 0.875. The zero-order valence-electron chi connectivity index (χ0n) is 11.7. The van der Waals surface area contributed by atoms with Crippen molar-refractivity contribution in [3.63, 3.8) is 0 Å². The maximum absolute atomic E-state index is 10.2. The van der Waals surface area contributed by atoms with Crippen molar-refractivity contribution in [2.75, 3.05) is 5.32 Å². The van der Waals surface area contributed by atoms with Gasteiger partial charge >= 0.3 is 0 Å². The third-order valence-electron chi connectivity index (χ3n) is 4.14. The third kappa shape index (κ3) is 3.27. The van der Waals surface area contributed by atoms with Crippen molar-refractivity contribution >= 4 is 5.69 Å². The first-order chi connectivity index (χ1) is 9.13. The maximum atomic E-state index is 10.2. The van der Waals surface area contributed by atoms with Crippen LogP contribution in [0.25, 0.3) is 0 Å². The molecule has 0 aliphatic heterocycles. The fraction of sp³-hybridized carbons (Fsp3) is 0.562. The molecule has 0 radical (unpaired) electrons. The molecule has 1 aliphatic rings. The Morgan fingerprint density at radius 1 is 1.42 bits per heavy atom. The Kier molecular flexibility index (Phi) is 4.44. The number of benzene rings is 1. The molecule has 3 nitrogen and oxygen atoms in total. The lowest BCUT2D eigenvalue weighted by Gasteiger charge is -2.34. The van der Waals surface area contributed by atoms with Gasteiger partial charge in [-0.15, -0.1) is 0 Å². The van der Waals surface area contributed by atoms with E-state index in [2.05, 4.69) is 18.3 Å². The molecule has 1 aromatic rings. The number of nitrogens with one attached hydrogen (secondary N) is 1. The molecule has 0 saturated heterocycles. The zero-order chi connectivity index (χ0) is 13.8. The van der Waals surface area contributed by atoms with E-state index in [0.717, 1.165) is 36.9 Å². The zero-order valence-corrected chi connectivity index (χ0v) is 11.7. The number of rotatable bonds is 3. The molecule has 102 valence electrons. The van der Waals surface area contributed by atoms with Crippen LogP contribution in [0.1, 0.15) is 43.7 Å². The van der Waals surface area contributed by atoms with Crippen molar-refractivity contribution in [3.05, 3.63) is 29.3 Å². The first kappa shape index (κ1) is 13.9. The molecule has 1 aliphatic carbocycles. The van der Waals surface area contributed by atoms with Crippen molar-refractivity contribution in [1.82, 2.24) is 0 Å². The summed E-state index contributed by atoms with van der Waals surface area (Å²) in [5.74, 6) is 0.640. The molecular weight excluding hydrogens is 236 g/mol. The number of nitriles is 1. The summed E-state index contributed by atoms with van der Waals surface area (Å²) < 4.78 is 0. The van der Waals surface area contributed by atoms with Gasteiger partial charge in [0.1, 0.15) is 6.07 Å². The highest BCUT2D eigenvalue weighted by Gasteiger charge is 2.28. The number of aliphatic hydroxyl groups is 1. The molecule has 0 amide bonds. The second-order valence-electron chi connectivity index (χ2n) is 5.57. The van der Waals surface area contributed by atoms with Gasteiger partial charge in [0, 0.05) is 0 Å². The lowest BCUT2D eigenvalue weighted by atomic mass is 9.82. The largest absolute Gasteiger partial charge is 0.391 e. The van der Waals surface area contributed by atoms with Crippen LogP contribution in [0.5, 0.6) is 0 Å². The van der Waals surface area contributed by atoms with Gasteiger partial charge in [-0.1, -0.05) is 19.4 Å². The number of aryl methyl sites for hydroxylation is 1. The fourth-order valence-electron chi connectivity index (χ4n) is 2.85. The van der Waals surface area contributed by atoms with Gasteiger partial charge in [0.05, 0.1) is 23.4 Å². The lowest BCUT2D eigenvalue weighted by Crippen LogP contribution is -2.39. The summed E-state index contributed by atoms with van der Waals surface area (Å²) in [5.41, 5.74) is 2.62. The molecule has 19 heavy (non-hydrogen) atoms. The number of aliphatic hydroxyl groups excluding tert-OH is 1. The van der Waals surface area contributed by atoms with Crippen molar-refractivity contribution in [2.45, 2.75) is 51.7 Å². The highest BCUT2D eigenvalue weighted by Crippen LogP contribution is 2.29. The van der Waals surface area contributed by atoms with E-state index in [-0.39, 0.29) is 12.1 Å². The Morgan fingerprint density at radius 3 is 2.84 bits per heavy atom. The van der Waals surface area contributed by atoms with Crippen LogP contribution in [-0.4, -0.2) is 17.3 Å². The van der Waals surface area contributed by atoms with Gasteiger partial charge in [0.25, 0.3) is 0 Å². The van der Waals surface area contributed by atoms with Gasteiger partial charge in [0.2, 0.25) is 0 Å². The standard InChI is InChI=1S/C16H22N2O/c1-3-12-5-7-14(16(19)9-12)18-15-8-11(2)4-6-13(15)10-17/h4,6,8,12,14,16,18-19H,3,5,7,9H2,1-2H3/t12?,14-,16?/m1/s1. The van der Waals surface area contributed by atoms with Crippen molar-refractivity contribution in [2.24, 2.45) is 5.92 Å². The monoisotopic (exact) mass is 258 g/mol. The highest BCUT2D eigenvalue weighted by molar-refractivity contribution is 5.59. The number of nitrogens with zero attached hydrogens (tertiary/aromatic N) is 1. The topological polar surface area (TPSA) is 56.0 Å². The van der Waals surface area contributed by atoms with Gasteiger partial charge in [-0.25, -0.2) is 0 Å². The van der Waals surface area contributed by atoms with E-state index in [4.69, 9.17) is 5.26 Å². The second-order valence-corrected chi connectivity index (χ2v) is 5.57. The molecule has 0 spiro atoms. The summed E-state index contributed by atoms with van der Waals surface area (Å²) in [4.78, 5) is 0. The second kappa shape index (κ2) is 6.08. The first-order valence-electron chi connectivity index (χ1n) is 7.09. The smallest absolute Gasteiger partial charge is 0.101 e. The van der Waals surface area contributed by atoms with E-state index in [9.17, 15) is 5.11 Å². The Morgan fingerprint density at radius 2 is 2.21 bits per heavy atom. The molecule has 1 saturated carbocycles. The SMILES string of the molecule is CCC1CC[C@@H](Nc2cc(C)ccc2C#N)C(O)C1. The van der Waals surface area contributed by atoms with Crippen LogP contribution >= 0.6 is 0 Å². The predicted octanol–water partition coefficient (Wildman–Crippen LogP) is 3.22. The summed E-state index contributed by atoms with van der Waals surface area (Å²) in [5, 5.41) is 22.7. The van der Waals surface area contributed by atoms with Crippen LogP contribution < -0.4 is 5.32 Å². The summed E-state index contributed by atoms with van der Waals surface area (Å²) >= 11 is 0. The van der Waals surface area contributed by atoms with E-state index in [1.54, 1.807) is 0 Å². The highest BCUT2D eigenvalue weighted by atomic mass is 16.3. The Bertz CT molecular complexity index is 478. The van der Waals surface area contributed by atoms with Crippen LogP contribution in [-0.2, 0) is 0 Å². The summed E-state index contributed by atoms with van der Waals surface area (Å²) in [6.07, 6.45) is 3.81. The molecule has 0 bridgehead atoms. The third-order valence-corrected chi connectivity index (χ3v) is 4.14. The number of hydrogen-bond donors (Lipinski definition) is 2. The predicted molar refractivity (Wildman–Crippen MR) is 76.9 cm³/mol. The van der Waals surface area contributed by atoms with Gasteiger partial charge in [0.15, 0.2) is 0 Å². The molecule has 1 fully saturated rings. The van der Waals surface area contributed by atoms with Crippen LogP contribution in [0.3, 0.4) is 0 Å². The average Bonchev–Trinajstić information content (AvgIpc) is 2.41. The minimum Gasteiger partial charge on any atom is -0.391 e. The minimum absolute atomic E-state index is 0.0664. The van der Waals surface area contributed by atoms with Gasteiger partial charge in [-0.3, -0.25) is 0 Å².